The van der Waals surface area contributed by atoms with Crippen LogP contribution in [0.1, 0.15) is 31.5 Å². The minimum absolute atomic E-state index is 0.221. The zero-order valence-corrected chi connectivity index (χ0v) is 9.83. The molecule has 1 aromatic rings. The Morgan fingerprint density at radius 1 is 1.47 bits per heavy atom. The Morgan fingerprint density at radius 3 is 3.00 bits per heavy atom. The second kappa shape index (κ2) is 4.90. The molecular weight excluding hydrogens is 210 g/mol. The maximum absolute atomic E-state index is 9.37. The van der Waals surface area contributed by atoms with Crippen LogP contribution >= 0.6 is 11.5 Å². The van der Waals surface area contributed by atoms with Crippen LogP contribution in [0, 0.1) is 6.92 Å². The zero-order valence-electron chi connectivity index (χ0n) is 9.02. The van der Waals surface area contributed by atoms with E-state index in [2.05, 4.69) is 14.3 Å². The number of nitrogens with zero attached hydrogens (tertiary/aromatic N) is 3. The number of hydrogen-bond donors (Lipinski definition) is 1. The molecule has 15 heavy (non-hydrogen) atoms. The van der Waals surface area contributed by atoms with Crippen LogP contribution in [-0.2, 0) is 0 Å². The van der Waals surface area contributed by atoms with Gasteiger partial charge in [0.25, 0.3) is 0 Å². The maximum atomic E-state index is 9.37. The summed E-state index contributed by atoms with van der Waals surface area (Å²) < 4.78 is 4.20. The lowest BCUT2D eigenvalue weighted by Crippen LogP contribution is -2.37. The van der Waals surface area contributed by atoms with E-state index in [0.717, 1.165) is 23.9 Å². The number of hydrogen-bond acceptors (Lipinski definition) is 5. The van der Waals surface area contributed by atoms with Gasteiger partial charge in [0, 0.05) is 18.1 Å². The molecule has 1 fully saturated rings. The molecule has 1 unspecified atom stereocenters. The molecule has 2 rings (SSSR count). The topological polar surface area (TPSA) is 49.2 Å². The third-order valence-corrected chi connectivity index (χ3v) is 3.70. The predicted octanol–water partition coefficient (Wildman–Crippen LogP) is 1.59. The van der Waals surface area contributed by atoms with Crippen LogP contribution < -0.4 is 4.90 Å². The van der Waals surface area contributed by atoms with E-state index in [4.69, 9.17) is 0 Å². The van der Waals surface area contributed by atoms with Gasteiger partial charge in [0.05, 0.1) is 12.6 Å². The Morgan fingerprint density at radius 2 is 2.33 bits per heavy atom. The molecule has 0 radical (unpaired) electrons. The Labute approximate surface area is 94.1 Å². The normalized spacial score (nSPS) is 22.8. The summed E-state index contributed by atoms with van der Waals surface area (Å²) >= 11 is 1.44. The SMILES string of the molecule is Cc1nsc(N2CCCCCC2CO)n1. The van der Waals surface area contributed by atoms with Gasteiger partial charge in [0.2, 0.25) is 5.13 Å². The second-order valence-corrected chi connectivity index (χ2v) is 4.73. The van der Waals surface area contributed by atoms with Gasteiger partial charge >= 0.3 is 0 Å². The molecule has 1 N–H and O–H groups in total. The number of aliphatic hydroxyl groups is 1. The summed E-state index contributed by atoms with van der Waals surface area (Å²) in [4.78, 5) is 6.62. The maximum Gasteiger partial charge on any atom is 0.205 e. The van der Waals surface area contributed by atoms with E-state index in [-0.39, 0.29) is 12.6 Å². The van der Waals surface area contributed by atoms with Gasteiger partial charge < -0.3 is 10.0 Å². The third-order valence-electron chi connectivity index (χ3n) is 2.85. The summed E-state index contributed by atoms with van der Waals surface area (Å²) in [5, 5.41) is 10.3. The first-order chi connectivity index (χ1) is 7.31. The molecule has 1 aromatic heterocycles. The highest BCUT2D eigenvalue weighted by molar-refractivity contribution is 7.09. The van der Waals surface area contributed by atoms with Crippen LogP contribution in [0.15, 0.2) is 0 Å². The van der Waals surface area contributed by atoms with Gasteiger partial charge in [0.15, 0.2) is 0 Å². The standard InChI is InChI=1S/C10H17N3OS/c1-8-11-10(15-12-8)13-6-4-2-3-5-9(13)7-14/h9,14H,2-7H2,1H3. The average molecular weight is 227 g/mol. The fourth-order valence-electron chi connectivity index (χ4n) is 2.02. The Balaban J connectivity index is 2.16. The van der Waals surface area contributed by atoms with Crippen LogP contribution in [0.4, 0.5) is 5.13 Å². The molecular formula is C10H17N3OS. The minimum Gasteiger partial charge on any atom is -0.394 e. The number of aromatic nitrogens is 2. The molecule has 1 aliphatic heterocycles. The summed E-state index contributed by atoms with van der Waals surface area (Å²) in [6, 6.07) is 0.236. The smallest absolute Gasteiger partial charge is 0.205 e. The van der Waals surface area contributed by atoms with Crippen molar-refractivity contribution in [1.29, 1.82) is 0 Å². The molecule has 2 heterocycles. The molecule has 0 bridgehead atoms. The first kappa shape index (κ1) is 10.8. The van der Waals surface area contributed by atoms with Gasteiger partial charge in [-0.2, -0.15) is 4.37 Å². The van der Waals surface area contributed by atoms with Crippen LogP contribution in [0.5, 0.6) is 0 Å². The van der Waals surface area contributed by atoms with E-state index >= 15 is 0 Å². The Kier molecular flexibility index (Phi) is 3.53. The number of aliphatic hydroxyl groups excluding tert-OH is 1. The fraction of sp³-hybridized carbons (Fsp3) is 0.800. The van der Waals surface area contributed by atoms with Crippen molar-refractivity contribution in [3.63, 3.8) is 0 Å². The number of aryl methyl sites for hydroxylation is 1. The van der Waals surface area contributed by atoms with Gasteiger partial charge in [-0.3, -0.25) is 0 Å². The van der Waals surface area contributed by atoms with Gasteiger partial charge in [-0.1, -0.05) is 12.8 Å². The van der Waals surface area contributed by atoms with Crippen molar-refractivity contribution in [2.45, 2.75) is 38.6 Å². The summed E-state index contributed by atoms with van der Waals surface area (Å²) in [5.41, 5.74) is 0. The number of anilines is 1. The lowest BCUT2D eigenvalue weighted by atomic mass is 10.1. The van der Waals surface area contributed by atoms with Crippen LogP contribution in [0.25, 0.3) is 0 Å². The quantitative estimate of drug-likeness (QED) is 0.833. The summed E-state index contributed by atoms with van der Waals surface area (Å²) in [6.07, 6.45) is 4.72. The van der Waals surface area contributed by atoms with Crippen LogP contribution in [-0.4, -0.2) is 33.7 Å². The van der Waals surface area contributed by atoms with E-state index in [0.29, 0.717) is 0 Å². The van der Waals surface area contributed by atoms with E-state index in [1.807, 2.05) is 6.92 Å². The minimum atomic E-state index is 0.221. The van der Waals surface area contributed by atoms with Crippen molar-refractivity contribution >= 4 is 16.7 Å². The number of rotatable bonds is 2. The van der Waals surface area contributed by atoms with Crippen molar-refractivity contribution in [3.05, 3.63) is 5.82 Å². The summed E-state index contributed by atoms with van der Waals surface area (Å²) in [7, 11) is 0. The Bertz CT molecular complexity index is 315. The van der Waals surface area contributed by atoms with Gasteiger partial charge in [-0.25, -0.2) is 4.98 Å². The van der Waals surface area contributed by atoms with E-state index < -0.39 is 0 Å². The lowest BCUT2D eigenvalue weighted by molar-refractivity contribution is 0.255. The second-order valence-electron chi connectivity index (χ2n) is 4.00. The molecule has 0 spiro atoms. The van der Waals surface area contributed by atoms with Crippen molar-refractivity contribution in [3.8, 4) is 0 Å². The van der Waals surface area contributed by atoms with Crippen LogP contribution in [0.3, 0.4) is 0 Å². The molecule has 0 aromatic carbocycles. The molecule has 5 heteroatoms. The van der Waals surface area contributed by atoms with Crippen molar-refractivity contribution in [1.82, 2.24) is 9.36 Å². The zero-order chi connectivity index (χ0) is 10.7. The molecule has 84 valence electrons. The monoisotopic (exact) mass is 227 g/mol. The predicted molar refractivity (Wildman–Crippen MR) is 61.3 cm³/mol. The highest BCUT2D eigenvalue weighted by atomic mass is 32.1. The first-order valence-electron chi connectivity index (χ1n) is 5.49. The highest BCUT2D eigenvalue weighted by Crippen LogP contribution is 2.25. The summed E-state index contributed by atoms with van der Waals surface area (Å²) in [5.74, 6) is 0.830. The van der Waals surface area contributed by atoms with Gasteiger partial charge in [-0.05, 0) is 19.8 Å². The van der Waals surface area contributed by atoms with Gasteiger partial charge in [-0.15, -0.1) is 0 Å². The van der Waals surface area contributed by atoms with Crippen molar-refractivity contribution in [2.24, 2.45) is 0 Å². The van der Waals surface area contributed by atoms with Gasteiger partial charge in [0.1, 0.15) is 5.82 Å². The fourth-order valence-corrected chi connectivity index (χ4v) is 2.79. The molecule has 0 amide bonds. The molecule has 0 saturated carbocycles. The van der Waals surface area contributed by atoms with Crippen molar-refractivity contribution in [2.75, 3.05) is 18.1 Å². The van der Waals surface area contributed by atoms with E-state index in [9.17, 15) is 5.11 Å². The summed E-state index contributed by atoms with van der Waals surface area (Å²) in [6.45, 7) is 3.13. The van der Waals surface area contributed by atoms with E-state index in [1.54, 1.807) is 0 Å². The highest BCUT2D eigenvalue weighted by Gasteiger charge is 2.22. The molecule has 1 saturated heterocycles. The van der Waals surface area contributed by atoms with Crippen LogP contribution in [0.2, 0.25) is 0 Å². The Hall–Kier alpha value is -0.680. The van der Waals surface area contributed by atoms with E-state index in [1.165, 1.54) is 30.8 Å². The van der Waals surface area contributed by atoms with Crippen molar-refractivity contribution < 1.29 is 5.11 Å². The third kappa shape index (κ3) is 2.46. The molecule has 0 aliphatic carbocycles. The molecule has 1 atom stereocenters. The average Bonchev–Trinajstić information content (AvgIpc) is 2.54. The molecule has 4 nitrogen and oxygen atoms in total. The first-order valence-corrected chi connectivity index (χ1v) is 6.26. The lowest BCUT2D eigenvalue weighted by Gasteiger charge is -2.27. The largest absolute Gasteiger partial charge is 0.394 e. The molecule has 1 aliphatic rings.